The Bertz CT molecular complexity index is 2030. The Labute approximate surface area is 356 Å². The molecule has 0 bridgehead atoms. The summed E-state index contributed by atoms with van der Waals surface area (Å²) in [6.07, 6.45) is 8.24. The number of nitrogens with one attached hydrogen (secondary N) is 2. The number of rotatable bonds is 18. The molecule has 1 unspecified atom stereocenters. The third-order valence-corrected chi connectivity index (χ3v) is 12.8. The lowest BCUT2D eigenvalue weighted by Gasteiger charge is -2.37. The molecule has 4 aromatic rings. The number of aromatic hydroxyl groups is 1. The van der Waals surface area contributed by atoms with Gasteiger partial charge in [0.1, 0.15) is 29.2 Å². The first-order chi connectivity index (χ1) is 28.2. The van der Waals surface area contributed by atoms with Crippen molar-refractivity contribution in [2.45, 2.75) is 107 Å². The molecule has 0 spiro atoms. The van der Waals surface area contributed by atoms with Crippen LogP contribution in [0, 0.1) is 5.41 Å². The van der Waals surface area contributed by atoms with Crippen LogP contribution in [0.1, 0.15) is 90.3 Å². The van der Waals surface area contributed by atoms with Gasteiger partial charge in [-0.05, 0) is 87.4 Å². The van der Waals surface area contributed by atoms with Gasteiger partial charge in [-0.25, -0.2) is 4.79 Å². The van der Waals surface area contributed by atoms with Crippen molar-refractivity contribution in [1.82, 2.24) is 10.6 Å². The van der Waals surface area contributed by atoms with Gasteiger partial charge in [0.05, 0.1) is 26.3 Å². The molecule has 0 saturated heterocycles. The van der Waals surface area contributed by atoms with Crippen molar-refractivity contribution >= 4 is 51.7 Å². The van der Waals surface area contributed by atoms with E-state index in [-0.39, 0.29) is 17.6 Å². The van der Waals surface area contributed by atoms with Crippen molar-refractivity contribution in [2.75, 3.05) is 30.1 Å². The zero-order chi connectivity index (χ0) is 42.6. The van der Waals surface area contributed by atoms with Crippen molar-refractivity contribution in [1.29, 1.82) is 0 Å². The van der Waals surface area contributed by atoms with Crippen LogP contribution in [0.3, 0.4) is 0 Å². The predicted molar refractivity (Wildman–Crippen MR) is 237 cm³/mol. The highest BCUT2D eigenvalue weighted by Crippen LogP contribution is 2.46. The first kappa shape index (κ1) is 45.3. The number of para-hydroxylation sites is 1. The largest absolute Gasteiger partial charge is 0.508 e. The number of carbonyl (C=O) groups excluding carboxylic acids is 3. The number of hydrogen-bond donors (Lipinski definition) is 3. The Balaban J connectivity index is 1.41. The summed E-state index contributed by atoms with van der Waals surface area (Å²) < 4.78 is 26.4. The first-order valence-corrected chi connectivity index (χ1v) is 23.0. The highest BCUT2D eigenvalue weighted by molar-refractivity contribution is 7.98. The van der Waals surface area contributed by atoms with E-state index in [1.165, 1.54) is 23.9 Å². The average molecular weight is 842 g/mol. The van der Waals surface area contributed by atoms with Gasteiger partial charge in [0.25, 0.3) is 5.91 Å². The van der Waals surface area contributed by atoms with Crippen LogP contribution in [-0.4, -0.2) is 63.9 Å². The number of phenols is 1. The summed E-state index contributed by atoms with van der Waals surface area (Å²) in [5, 5.41) is 15.4. The van der Waals surface area contributed by atoms with Crippen molar-refractivity contribution in [3.8, 4) is 11.5 Å². The number of thioether (sulfide) groups is 1. The SMILES string of the molecule is CCCCC1(CCCC)CN(c2ccccc2)c2cc(SC)c(OCC(=O)N[C@@H](C(=O)N[C@H](Cc3ccc(O)cc3)C(=O)OC(C)(C)C)c3ccccc3)cc2S(=O)C1. The van der Waals surface area contributed by atoms with E-state index >= 15 is 0 Å². The molecule has 3 atom stereocenters. The Morgan fingerprint density at radius 2 is 1.53 bits per heavy atom. The van der Waals surface area contributed by atoms with E-state index in [0.29, 0.717) is 27.5 Å². The van der Waals surface area contributed by atoms with Gasteiger partial charge in [0, 0.05) is 29.8 Å². The fourth-order valence-corrected chi connectivity index (χ4v) is 9.65. The predicted octanol–water partition coefficient (Wildman–Crippen LogP) is 9.05. The van der Waals surface area contributed by atoms with Crippen LogP contribution in [-0.2, 0) is 36.3 Å². The summed E-state index contributed by atoms with van der Waals surface area (Å²) in [4.78, 5) is 45.0. The molecule has 316 valence electrons. The highest BCUT2D eigenvalue weighted by Gasteiger charge is 2.39. The van der Waals surface area contributed by atoms with E-state index in [1.54, 1.807) is 63.2 Å². The third-order valence-electron chi connectivity index (χ3n) is 10.3. The van der Waals surface area contributed by atoms with Crippen LogP contribution in [0.4, 0.5) is 11.4 Å². The first-order valence-electron chi connectivity index (χ1n) is 20.5. The normalized spacial score (nSPS) is 15.9. The Hall–Kier alpha value is -4.81. The van der Waals surface area contributed by atoms with E-state index in [1.807, 2.05) is 36.6 Å². The quantitative estimate of drug-likeness (QED) is 0.0663. The summed E-state index contributed by atoms with van der Waals surface area (Å²) in [5.74, 6) is -0.766. The van der Waals surface area contributed by atoms with E-state index in [9.17, 15) is 23.7 Å². The van der Waals surface area contributed by atoms with Gasteiger partial charge < -0.3 is 30.1 Å². The van der Waals surface area contributed by atoms with Crippen molar-refractivity contribution in [3.05, 3.63) is 108 Å². The number of phenolic OH excluding ortho intramolecular Hbond substituents is 1. The monoisotopic (exact) mass is 841 g/mol. The second-order valence-electron chi connectivity index (χ2n) is 16.3. The third kappa shape index (κ3) is 12.6. The number of carbonyl (C=O) groups is 3. The number of ether oxygens (including phenoxy) is 2. The van der Waals surface area contributed by atoms with Gasteiger partial charge in [0.15, 0.2) is 6.61 Å². The Morgan fingerprint density at radius 1 is 0.898 bits per heavy atom. The molecule has 1 heterocycles. The lowest BCUT2D eigenvalue weighted by molar-refractivity contribution is -0.158. The molecule has 5 rings (SSSR count). The number of fused-ring (bicyclic) bond motifs is 1. The van der Waals surface area contributed by atoms with Gasteiger partial charge >= 0.3 is 5.97 Å². The average Bonchev–Trinajstić information content (AvgIpc) is 3.34. The van der Waals surface area contributed by atoms with E-state index in [0.717, 1.165) is 61.3 Å². The van der Waals surface area contributed by atoms with Gasteiger partial charge in [-0.15, -0.1) is 11.8 Å². The van der Waals surface area contributed by atoms with Crippen molar-refractivity contribution < 1.29 is 33.2 Å². The van der Waals surface area contributed by atoms with Crippen LogP contribution in [0.2, 0.25) is 0 Å². The zero-order valence-corrected chi connectivity index (χ0v) is 36.8. The van der Waals surface area contributed by atoms with Gasteiger partial charge in [-0.2, -0.15) is 0 Å². The summed E-state index contributed by atoms with van der Waals surface area (Å²) in [5.41, 5.74) is 2.15. The maximum Gasteiger partial charge on any atom is 0.329 e. The molecule has 10 nitrogen and oxygen atoms in total. The van der Waals surface area contributed by atoms with Gasteiger partial charge in [0.2, 0.25) is 5.91 Å². The van der Waals surface area contributed by atoms with Crippen LogP contribution in [0.25, 0.3) is 0 Å². The molecule has 1 aliphatic heterocycles. The van der Waals surface area contributed by atoms with Crippen LogP contribution in [0.15, 0.2) is 107 Å². The van der Waals surface area contributed by atoms with E-state index < -0.39 is 52.9 Å². The maximum atomic E-state index is 14.5. The molecule has 0 saturated carbocycles. The van der Waals surface area contributed by atoms with Crippen molar-refractivity contribution in [2.24, 2.45) is 5.41 Å². The standard InChI is InChI=1S/C47H59N3O7S2/c1-7-9-25-47(26-10-8-2)31-50(35-19-15-12-16-20-35)38-28-40(58-6)39(29-41(38)59(55)32-47)56-30-42(52)49-43(34-17-13-11-14-18-34)44(53)48-37(45(54)57-46(3,4)5)27-33-21-23-36(51)24-22-33/h11-24,28-29,37,43,51H,7-10,25-27,30-32H2,1-6H3,(H,48,53)(H,49,52)/t37-,43-,59?/m1/s1. The molecule has 1 aliphatic rings. The smallest absolute Gasteiger partial charge is 0.329 e. The molecule has 2 amide bonds. The fourth-order valence-electron chi connectivity index (χ4n) is 7.37. The molecular formula is C47H59N3O7S2. The minimum absolute atomic E-state index is 0.0745. The molecule has 12 heteroatoms. The molecular weight excluding hydrogens is 783 g/mol. The van der Waals surface area contributed by atoms with E-state index in [4.69, 9.17) is 9.47 Å². The highest BCUT2D eigenvalue weighted by atomic mass is 32.2. The molecule has 0 aliphatic carbocycles. The van der Waals surface area contributed by atoms with Crippen molar-refractivity contribution in [3.63, 3.8) is 0 Å². The second-order valence-corrected chi connectivity index (χ2v) is 18.5. The number of amides is 2. The number of unbranched alkanes of at least 4 members (excludes halogenated alkanes) is 2. The number of nitrogens with zero attached hydrogens (tertiary/aromatic N) is 1. The van der Waals surface area contributed by atoms with Crippen LogP contribution >= 0.6 is 11.8 Å². The van der Waals surface area contributed by atoms with E-state index in [2.05, 4.69) is 41.5 Å². The molecule has 0 aromatic heterocycles. The summed E-state index contributed by atoms with van der Waals surface area (Å²) in [6.45, 7) is 9.96. The lowest BCUT2D eigenvalue weighted by Crippen LogP contribution is -2.50. The molecule has 0 fully saturated rings. The van der Waals surface area contributed by atoms with Crippen LogP contribution < -0.4 is 20.3 Å². The number of hydrogen-bond acceptors (Lipinski definition) is 9. The molecule has 59 heavy (non-hydrogen) atoms. The number of anilines is 2. The topological polar surface area (TPSA) is 134 Å². The zero-order valence-electron chi connectivity index (χ0n) is 35.1. The lowest BCUT2D eigenvalue weighted by atomic mass is 9.79. The minimum Gasteiger partial charge on any atom is -0.508 e. The van der Waals surface area contributed by atoms with Crippen LogP contribution in [0.5, 0.6) is 11.5 Å². The van der Waals surface area contributed by atoms with Gasteiger partial charge in [-0.1, -0.05) is 100 Å². The summed E-state index contributed by atoms with van der Waals surface area (Å²) in [7, 11) is -1.35. The number of esters is 1. The number of benzene rings is 4. The Kier molecular flexibility index (Phi) is 16.1. The molecule has 4 aromatic carbocycles. The Morgan fingerprint density at radius 3 is 2.12 bits per heavy atom. The molecule has 3 N–H and O–H groups in total. The second kappa shape index (κ2) is 20.9. The summed E-state index contributed by atoms with van der Waals surface area (Å²) >= 11 is 1.48. The van der Waals surface area contributed by atoms with Gasteiger partial charge in [-0.3, -0.25) is 13.8 Å². The summed E-state index contributed by atoms with van der Waals surface area (Å²) in [6, 6.07) is 27.0. The molecule has 0 radical (unpaired) electrons. The minimum atomic E-state index is -1.35. The fraction of sp³-hybridized carbons (Fsp3) is 0.426. The maximum absolute atomic E-state index is 14.5.